The van der Waals surface area contributed by atoms with Crippen LogP contribution in [0.2, 0.25) is 5.02 Å². The van der Waals surface area contributed by atoms with Crippen LogP contribution in [0.4, 0.5) is 18.9 Å². The van der Waals surface area contributed by atoms with Gasteiger partial charge in [0.25, 0.3) is 11.8 Å². The molecule has 1 aliphatic carbocycles. The van der Waals surface area contributed by atoms with Crippen LogP contribution in [-0.4, -0.2) is 28.4 Å². The van der Waals surface area contributed by atoms with Gasteiger partial charge in [0.15, 0.2) is 11.4 Å². The zero-order chi connectivity index (χ0) is 25.7. The molecular formula is C25H19ClF3N3O4. The summed E-state index contributed by atoms with van der Waals surface area (Å²) in [5.41, 5.74) is -1.32. The second-order valence-corrected chi connectivity index (χ2v) is 9.31. The van der Waals surface area contributed by atoms with Crippen molar-refractivity contribution in [2.45, 2.75) is 19.4 Å². The highest BCUT2D eigenvalue weighted by molar-refractivity contribution is 6.32. The molecule has 36 heavy (non-hydrogen) atoms. The highest BCUT2D eigenvalue weighted by Crippen LogP contribution is 2.48. The third kappa shape index (κ3) is 4.21. The van der Waals surface area contributed by atoms with Crippen LogP contribution in [0, 0.1) is 29.3 Å². The molecule has 1 aromatic heterocycles. The van der Waals surface area contributed by atoms with Crippen LogP contribution in [0.1, 0.15) is 38.4 Å². The number of fused-ring (bicyclic) bond motifs is 2. The number of halogens is 4. The summed E-state index contributed by atoms with van der Waals surface area (Å²) >= 11 is 6.37. The second-order valence-electron chi connectivity index (χ2n) is 8.90. The molecule has 3 N–H and O–H groups in total. The number of anilines is 1. The number of rotatable bonds is 4. The third-order valence-corrected chi connectivity index (χ3v) is 6.98. The largest absolute Gasteiger partial charge is 0.503 e. The van der Waals surface area contributed by atoms with Gasteiger partial charge in [0, 0.05) is 47.7 Å². The molecule has 0 spiro atoms. The van der Waals surface area contributed by atoms with Gasteiger partial charge in [-0.3, -0.25) is 14.4 Å². The summed E-state index contributed by atoms with van der Waals surface area (Å²) < 4.78 is 40.7. The van der Waals surface area contributed by atoms with E-state index in [-0.39, 0.29) is 5.92 Å². The number of hydrogen-bond donors (Lipinski definition) is 3. The number of aromatic hydroxyl groups is 1. The second kappa shape index (κ2) is 9.02. The summed E-state index contributed by atoms with van der Waals surface area (Å²) in [4.78, 5) is 42.6. The quantitative estimate of drug-likeness (QED) is 0.488. The Bertz CT molecular complexity index is 1450. The Hall–Kier alpha value is -3.79. The summed E-state index contributed by atoms with van der Waals surface area (Å²) in [6.45, 7) is -0.291. The first-order valence-electron chi connectivity index (χ1n) is 11.1. The van der Waals surface area contributed by atoms with E-state index in [2.05, 4.69) is 10.3 Å². The van der Waals surface area contributed by atoms with E-state index in [1.54, 1.807) is 18.2 Å². The Labute approximate surface area is 207 Å². The first-order chi connectivity index (χ1) is 17.2. The maximum Gasteiger partial charge on any atom is 0.278 e. The normalized spacial score (nSPS) is 18.2. The Morgan fingerprint density at radius 1 is 1.17 bits per heavy atom. The van der Waals surface area contributed by atoms with Gasteiger partial charge in [-0.1, -0.05) is 17.7 Å². The predicted octanol–water partition coefficient (Wildman–Crippen LogP) is 3.92. The van der Waals surface area contributed by atoms with E-state index in [1.165, 1.54) is 4.90 Å². The average Bonchev–Trinajstić information content (AvgIpc) is 3.58. The molecule has 2 aliphatic rings. The Kier molecular flexibility index (Phi) is 5.99. The van der Waals surface area contributed by atoms with Gasteiger partial charge in [-0.2, -0.15) is 0 Å². The molecular weight excluding hydrogens is 499 g/mol. The lowest BCUT2D eigenvalue weighted by Gasteiger charge is -2.24. The van der Waals surface area contributed by atoms with Crippen LogP contribution in [-0.2, 0) is 13.0 Å². The smallest absolute Gasteiger partial charge is 0.278 e. The number of benzene rings is 2. The number of nitrogens with one attached hydrogen (secondary N) is 2. The van der Waals surface area contributed by atoms with Crippen molar-refractivity contribution in [2.24, 2.45) is 11.8 Å². The number of carbonyl (C=O) groups excluding carboxylic acids is 2. The maximum absolute atomic E-state index is 13.8. The van der Waals surface area contributed by atoms with E-state index in [0.717, 1.165) is 24.6 Å². The van der Waals surface area contributed by atoms with Gasteiger partial charge in [0.2, 0.25) is 5.43 Å². The number of pyridine rings is 1. The maximum atomic E-state index is 13.8. The molecule has 2 heterocycles. The van der Waals surface area contributed by atoms with Crippen molar-refractivity contribution in [1.82, 2.24) is 10.3 Å². The van der Waals surface area contributed by atoms with E-state index in [9.17, 15) is 32.7 Å². The number of aromatic nitrogens is 1. The number of hydrogen-bond acceptors (Lipinski definition) is 4. The minimum atomic E-state index is -1.21. The summed E-state index contributed by atoms with van der Waals surface area (Å²) in [5.74, 6) is -5.55. The van der Waals surface area contributed by atoms with Crippen LogP contribution in [0.3, 0.4) is 0 Å². The molecule has 1 fully saturated rings. The molecule has 0 bridgehead atoms. The molecule has 2 aromatic carbocycles. The van der Waals surface area contributed by atoms with Gasteiger partial charge < -0.3 is 20.3 Å². The third-order valence-electron chi connectivity index (χ3n) is 6.63. The van der Waals surface area contributed by atoms with E-state index < -0.39 is 63.8 Å². The molecule has 1 aliphatic heterocycles. The van der Waals surface area contributed by atoms with Gasteiger partial charge in [0.05, 0.1) is 0 Å². The number of aromatic amines is 1. The van der Waals surface area contributed by atoms with Crippen molar-refractivity contribution >= 4 is 29.1 Å². The summed E-state index contributed by atoms with van der Waals surface area (Å²) in [6, 6.07) is 6.11. The molecule has 2 unspecified atom stereocenters. The first-order valence-corrected chi connectivity index (χ1v) is 11.5. The zero-order valence-corrected chi connectivity index (χ0v) is 19.3. The van der Waals surface area contributed by atoms with Gasteiger partial charge in [-0.05, 0) is 42.4 Å². The van der Waals surface area contributed by atoms with Crippen molar-refractivity contribution in [2.75, 3.05) is 11.4 Å². The van der Waals surface area contributed by atoms with Crippen molar-refractivity contribution in [3.8, 4) is 5.75 Å². The van der Waals surface area contributed by atoms with Gasteiger partial charge in [0.1, 0.15) is 23.0 Å². The number of amides is 2. The zero-order valence-electron chi connectivity index (χ0n) is 18.6. The van der Waals surface area contributed by atoms with Crippen molar-refractivity contribution < 1.29 is 27.9 Å². The van der Waals surface area contributed by atoms with E-state index in [0.29, 0.717) is 35.3 Å². The minimum absolute atomic E-state index is 0.267. The lowest BCUT2D eigenvalue weighted by molar-refractivity contribution is 0.0942. The molecule has 0 saturated heterocycles. The molecule has 1 saturated carbocycles. The lowest BCUT2D eigenvalue weighted by atomic mass is 10.1. The summed E-state index contributed by atoms with van der Waals surface area (Å²) in [7, 11) is 0. The molecule has 3 aromatic rings. The molecule has 2 amide bonds. The number of H-pyrrole nitrogens is 1. The Morgan fingerprint density at radius 2 is 1.89 bits per heavy atom. The van der Waals surface area contributed by atoms with Crippen LogP contribution in [0.25, 0.3) is 0 Å². The fourth-order valence-electron chi connectivity index (χ4n) is 4.56. The monoisotopic (exact) mass is 517 g/mol. The van der Waals surface area contributed by atoms with Gasteiger partial charge >= 0.3 is 0 Å². The summed E-state index contributed by atoms with van der Waals surface area (Å²) in [5, 5.41) is 13.2. The Morgan fingerprint density at radius 3 is 2.61 bits per heavy atom. The Balaban J connectivity index is 1.40. The fourth-order valence-corrected chi connectivity index (χ4v) is 4.81. The van der Waals surface area contributed by atoms with Crippen LogP contribution < -0.4 is 15.6 Å². The van der Waals surface area contributed by atoms with E-state index in [1.807, 2.05) is 0 Å². The minimum Gasteiger partial charge on any atom is -0.503 e. The average molecular weight is 518 g/mol. The standard InChI is InChI=1S/C25H19ClF3N3O4/c26-17-2-1-3-20-14(17)5-11-4-12(11)10-32(20)25(36)21-23(34)22(33)16(9-30-21)24(35)31-8-15-18(28)6-13(27)7-19(15)29/h1-3,6-7,9,11-12,34H,4-5,8,10H2,(H,30,33)(H,31,35). The van der Waals surface area contributed by atoms with Crippen molar-refractivity contribution in [3.05, 3.63) is 91.6 Å². The fraction of sp³-hybridized carbons (Fsp3) is 0.240. The van der Waals surface area contributed by atoms with E-state index >= 15 is 0 Å². The molecule has 7 nitrogen and oxygen atoms in total. The molecule has 186 valence electrons. The summed E-state index contributed by atoms with van der Waals surface area (Å²) in [6.07, 6.45) is 2.60. The van der Waals surface area contributed by atoms with E-state index in [4.69, 9.17) is 11.6 Å². The van der Waals surface area contributed by atoms with Gasteiger partial charge in [-0.25, -0.2) is 13.2 Å². The van der Waals surface area contributed by atoms with Crippen LogP contribution >= 0.6 is 11.6 Å². The highest BCUT2D eigenvalue weighted by Gasteiger charge is 2.43. The molecule has 2 atom stereocenters. The highest BCUT2D eigenvalue weighted by atomic mass is 35.5. The van der Waals surface area contributed by atoms with Crippen LogP contribution in [0.15, 0.2) is 41.3 Å². The van der Waals surface area contributed by atoms with Crippen LogP contribution in [0.5, 0.6) is 5.75 Å². The first kappa shape index (κ1) is 23.9. The molecule has 0 radical (unpaired) electrons. The number of carbonyl (C=O) groups is 2. The topological polar surface area (TPSA) is 102 Å². The van der Waals surface area contributed by atoms with Crippen molar-refractivity contribution in [1.29, 1.82) is 0 Å². The van der Waals surface area contributed by atoms with Gasteiger partial charge in [-0.15, -0.1) is 0 Å². The lowest BCUT2D eigenvalue weighted by Crippen LogP contribution is -2.35. The number of nitrogens with zero attached hydrogens (tertiary/aromatic N) is 1. The predicted molar refractivity (Wildman–Crippen MR) is 125 cm³/mol. The molecule has 11 heteroatoms. The SMILES string of the molecule is O=C(NCc1c(F)cc(F)cc1F)c1c[nH]c(C(=O)N2CC3CC3Cc3c(Cl)cccc32)c(O)c1=O. The molecule has 5 rings (SSSR count). The van der Waals surface area contributed by atoms with Crippen molar-refractivity contribution in [3.63, 3.8) is 0 Å².